The number of carbonyl (C=O) groups excluding carboxylic acids is 1. The number of methoxy groups -OCH3 is 1. The fourth-order valence-corrected chi connectivity index (χ4v) is 0.744. The second kappa shape index (κ2) is 8.11. The van der Waals surface area contributed by atoms with Gasteiger partial charge in [-0.05, 0) is 25.3 Å². The summed E-state index contributed by atoms with van der Waals surface area (Å²) in [7, 11) is 1.62. The van der Waals surface area contributed by atoms with Crippen molar-refractivity contribution in [3.05, 3.63) is 12.3 Å². The maximum absolute atomic E-state index is 10.3. The predicted molar refractivity (Wildman–Crippen MR) is 46.6 cm³/mol. The number of esters is 1. The third-order valence-corrected chi connectivity index (χ3v) is 1.30. The number of allylic oxidation sites excluding steroid dienone is 1. The van der Waals surface area contributed by atoms with Crippen molar-refractivity contribution in [3.63, 3.8) is 0 Å². The van der Waals surface area contributed by atoms with Gasteiger partial charge in [0, 0.05) is 6.92 Å². The zero-order chi connectivity index (χ0) is 9.23. The predicted octanol–water partition coefficient (Wildman–Crippen LogP) is 1.88. The topological polar surface area (TPSA) is 35.5 Å². The summed E-state index contributed by atoms with van der Waals surface area (Å²) in [4.78, 5) is 10.3. The van der Waals surface area contributed by atoms with Gasteiger partial charge in [-0.3, -0.25) is 4.79 Å². The van der Waals surface area contributed by atoms with Crippen molar-refractivity contribution in [2.45, 2.75) is 26.2 Å². The Bertz CT molecular complexity index is 141. The van der Waals surface area contributed by atoms with Crippen LogP contribution in [0.1, 0.15) is 26.2 Å². The van der Waals surface area contributed by atoms with Gasteiger partial charge in [0.25, 0.3) is 0 Å². The largest absolute Gasteiger partial charge is 0.505 e. The third-order valence-electron chi connectivity index (χ3n) is 1.30. The summed E-state index contributed by atoms with van der Waals surface area (Å²) in [6.45, 7) is 1.95. The van der Waals surface area contributed by atoms with E-state index in [1.807, 2.05) is 6.08 Å². The van der Waals surface area contributed by atoms with Gasteiger partial charge in [0.05, 0.1) is 20.0 Å². The molecular weight excluding hydrogens is 156 g/mol. The van der Waals surface area contributed by atoms with Crippen molar-refractivity contribution in [1.82, 2.24) is 0 Å². The Kier molecular flexibility index (Phi) is 7.44. The molecule has 0 aromatic heterocycles. The lowest BCUT2D eigenvalue weighted by Crippen LogP contribution is -1.99. The second-order valence-corrected chi connectivity index (χ2v) is 2.44. The smallest absolute Gasteiger partial charge is 0.302 e. The van der Waals surface area contributed by atoms with Gasteiger partial charge in [-0.15, -0.1) is 0 Å². The van der Waals surface area contributed by atoms with Crippen LogP contribution in [0.15, 0.2) is 12.3 Å². The van der Waals surface area contributed by atoms with Crippen LogP contribution in [0.2, 0.25) is 0 Å². The summed E-state index contributed by atoms with van der Waals surface area (Å²) in [6.07, 6.45) is 6.51. The highest BCUT2D eigenvalue weighted by Crippen LogP contribution is 1.97. The number of unbranched alkanes of at least 4 members (excludes halogenated alkanes) is 2. The van der Waals surface area contributed by atoms with E-state index in [0.717, 1.165) is 19.3 Å². The zero-order valence-corrected chi connectivity index (χ0v) is 7.71. The molecule has 3 nitrogen and oxygen atoms in total. The average Bonchev–Trinajstić information content (AvgIpc) is 2.02. The maximum atomic E-state index is 10.3. The van der Waals surface area contributed by atoms with Gasteiger partial charge in [-0.25, -0.2) is 0 Å². The van der Waals surface area contributed by atoms with Crippen molar-refractivity contribution >= 4 is 5.97 Å². The van der Waals surface area contributed by atoms with E-state index < -0.39 is 0 Å². The Morgan fingerprint density at radius 1 is 1.42 bits per heavy atom. The molecular formula is C9H16O3. The number of hydrogen-bond acceptors (Lipinski definition) is 3. The van der Waals surface area contributed by atoms with Gasteiger partial charge in [0.1, 0.15) is 0 Å². The van der Waals surface area contributed by atoms with E-state index >= 15 is 0 Å². The second-order valence-electron chi connectivity index (χ2n) is 2.44. The fraction of sp³-hybridized carbons (Fsp3) is 0.667. The monoisotopic (exact) mass is 172 g/mol. The normalized spacial score (nSPS) is 10.2. The number of ether oxygens (including phenoxy) is 2. The Morgan fingerprint density at radius 2 is 2.17 bits per heavy atom. The van der Waals surface area contributed by atoms with E-state index in [-0.39, 0.29) is 5.97 Å². The lowest BCUT2D eigenvalue weighted by molar-refractivity contribution is -0.141. The van der Waals surface area contributed by atoms with Gasteiger partial charge in [-0.1, -0.05) is 0 Å². The van der Waals surface area contributed by atoms with Crippen LogP contribution in [0, 0.1) is 0 Å². The first-order chi connectivity index (χ1) is 5.77. The molecule has 0 atom stereocenters. The molecule has 0 unspecified atom stereocenters. The summed E-state index contributed by atoms with van der Waals surface area (Å²) < 4.78 is 9.47. The zero-order valence-electron chi connectivity index (χ0n) is 7.71. The van der Waals surface area contributed by atoms with Crippen molar-refractivity contribution < 1.29 is 14.3 Å². The summed E-state index contributed by atoms with van der Waals surface area (Å²) >= 11 is 0. The van der Waals surface area contributed by atoms with Crippen LogP contribution in [0.4, 0.5) is 0 Å². The molecule has 12 heavy (non-hydrogen) atoms. The molecule has 0 aliphatic carbocycles. The summed E-state index contributed by atoms with van der Waals surface area (Å²) in [5.41, 5.74) is 0. The van der Waals surface area contributed by atoms with Crippen LogP contribution in [0.3, 0.4) is 0 Å². The molecule has 70 valence electrons. The third kappa shape index (κ3) is 9.01. The summed E-state index contributed by atoms with van der Waals surface area (Å²) in [5, 5.41) is 0. The fourth-order valence-electron chi connectivity index (χ4n) is 0.744. The Balaban J connectivity index is 3.00. The van der Waals surface area contributed by atoms with E-state index in [2.05, 4.69) is 0 Å². The van der Waals surface area contributed by atoms with Crippen LogP contribution < -0.4 is 0 Å². The van der Waals surface area contributed by atoms with Crippen molar-refractivity contribution in [1.29, 1.82) is 0 Å². The SMILES string of the molecule is CO/C=C/CCCCOC(C)=O. The molecule has 0 rings (SSSR count). The minimum atomic E-state index is -0.206. The molecule has 3 heteroatoms. The van der Waals surface area contributed by atoms with Crippen LogP contribution in [-0.2, 0) is 14.3 Å². The molecule has 0 aromatic rings. The molecule has 0 spiro atoms. The highest BCUT2D eigenvalue weighted by atomic mass is 16.5. The van der Waals surface area contributed by atoms with E-state index in [0.29, 0.717) is 6.61 Å². The van der Waals surface area contributed by atoms with Crippen LogP contribution in [0.25, 0.3) is 0 Å². The van der Waals surface area contributed by atoms with Crippen LogP contribution in [-0.4, -0.2) is 19.7 Å². The standard InChI is InChI=1S/C9H16O3/c1-9(10)12-8-6-4-3-5-7-11-2/h5,7H,3-4,6,8H2,1-2H3/b7-5+. The van der Waals surface area contributed by atoms with Gasteiger partial charge in [0.2, 0.25) is 0 Å². The van der Waals surface area contributed by atoms with Crippen LogP contribution in [0.5, 0.6) is 0 Å². The minimum absolute atomic E-state index is 0.206. The number of rotatable bonds is 6. The Labute approximate surface area is 73.4 Å². The molecule has 0 aliphatic rings. The highest BCUT2D eigenvalue weighted by Gasteiger charge is 1.90. The molecule has 0 bridgehead atoms. The maximum Gasteiger partial charge on any atom is 0.302 e. The molecule has 0 saturated carbocycles. The molecule has 0 aliphatic heterocycles. The molecule has 0 heterocycles. The first kappa shape index (κ1) is 11.0. The number of hydrogen-bond donors (Lipinski definition) is 0. The molecule has 0 aromatic carbocycles. The summed E-state index contributed by atoms with van der Waals surface area (Å²) in [5.74, 6) is -0.206. The lowest BCUT2D eigenvalue weighted by atomic mass is 10.2. The Hall–Kier alpha value is -0.990. The number of carbonyl (C=O) groups is 1. The van der Waals surface area contributed by atoms with Gasteiger partial charge < -0.3 is 9.47 Å². The van der Waals surface area contributed by atoms with E-state index in [9.17, 15) is 4.79 Å². The van der Waals surface area contributed by atoms with Crippen molar-refractivity contribution in [2.24, 2.45) is 0 Å². The van der Waals surface area contributed by atoms with Gasteiger partial charge in [-0.2, -0.15) is 0 Å². The molecule has 0 N–H and O–H groups in total. The first-order valence-electron chi connectivity index (χ1n) is 4.08. The quantitative estimate of drug-likeness (QED) is 0.348. The van der Waals surface area contributed by atoms with Crippen molar-refractivity contribution in [2.75, 3.05) is 13.7 Å². The van der Waals surface area contributed by atoms with E-state index in [1.165, 1.54) is 6.92 Å². The average molecular weight is 172 g/mol. The van der Waals surface area contributed by atoms with E-state index in [4.69, 9.17) is 9.47 Å². The molecule has 0 fully saturated rings. The lowest BCUT2D eigenvalue weighted by Gasteiger charge is -1.99. The van der Waals surface area contributed by atoms with Crippen LogP contribution >= 0.6 is 0 Å². The first-order valence-corrected chi connectivity index (χ1v) is 4.08. The van der Waals surface area contributed by atoms with Gasteiger partial charge >= 0.3 is 5.97 Å². The van der Waals surface area contributed by atoms with Crippen molar-refractivity contribution in [3.8, 4) is 0 Å². The van der Waals surface area contributed by atoms with E-state index in [1.54, 1.807) is 13.4 Å². The molecule has 0 saturated heterocycles. The van der Waals surface area contributed by atoms with Gasteiger partial charge in [0.15, 0.2) is 0 Å². The summed E-state index contributed by atoms with van der Waals surface area (Å²) in [6, 6.07) is 0. The Morgan fingerprint density at radius 3 is 2.75 bits per heavy atom. The minimum Gasteiger partial charge on any atom is -0.505 e. The molecule has 0 amide bonds. The molecule has 0 radical (unpaired) electrons. The highest BCUT2D eigenvalue weighted by molar-refractivity contribution is 5.65.